The second-order valence-electron chi connectivity index (χ2n) is 9.50. The maximum atomic E-state index is 11.7. The third-order valence-corrected chi connectivity index (χ3v) is 7.01. The van der Waals surface area contributed by atoms with Crippen LogP contribution in [0.3, 0.4) is 0 Å². The van der Waals surface area contributed by atoms with Gasteiger partial charge in [0.05, 0.1) is 12.0 Å². The van der Waals surface area contributed by atoms with Crippen LogP contribution in [0, 0.1) is 6.92 Å². The molecule has 33 heavy (non-hydrogen) atoms. The fourth-order valence-electron chi connectivity index (χ4n) is 5.26. The standard InChI is InChI=1S/C26H31N5O2/c1-19-6-8-21(9-7-19)26(12-2-3-13-26)25-29-24(33-30-25)18-31(16-20-5-4-14-27-15-20)17-22-10-11-23(32)28-22/h4-9,14-15,22H,2-3,10-13,16-18H2,1H3,(H,28,32)/t22-/m0/s1. The maximum Gasteiger partial charge on any atom is 0.240 e. The average Bonchev–Trinajstić information content (AvgIpc) is 3.57. The van der Waals surface area contributed by atoms with Gasteiger partial charge in [0.25, 0.3) is 0 Å². The van der Waals surface area contributed by atoms with Gasteiger partial charge >= 0.3 is 0 Å². The van der Waals surface area contributed by atoms with Crippen molar-refractivity contribution in [3.05, 3.63) is 77.2 Å². The van der Waals surface area contributed by atoms with Gasteiger partial charge in [0.1, 0.15) is 0 Å². The van der Waals surface area contributed by atoms with Gasteiger partial charge in [-0.1, -0.05) is 53.9 Å². The Kier molecular flexibility index (Phi) is 6.22. The molecule has 1 aliphatic heterocycles. The Labute approximate surface area is 194 Å². The number of nitrogens with one attached hydrogen (secondary N) is 1. The molecule has 3 heterocycles. The summed E-state index contributed by atoms with van der Waals surface area (Å²) in [5, 5.41) is 7.55. The molecule has 2 aromatic heterocycles. The van der Waals surface area contributed by atoms with Crippen LogP contribution >= 0.6 is 0 Å². The van der Waals surface area contributed by atoms with E-state index in [1.807, 2.05) is 12.3 Å². The lowest BCUT2D eigenvalue weighted by atomic mass is 9.78. The number of amides is 1. The summed E-state index contributed by atoms with van der Waals surface area (Å²) in [6.07, 6.45) is 9.54. The Morgan fingerprint density at radius 2 is 1.97 bits per heavy atom. The number of nitrogens with zero attached hydrogens (tertiary/aromatic N) is 4. The number of rotatable bonds is 8. The van der Waals surface area contributed by atoms with Crippen LogP contribution in [0.25, 0.3) is 0 Å². The van der Waals surface area contributed by atoms with Gasteiger partial charge in [-0.3, -0.25) is 14.7 Å². The van der Waals surface area contributed by atoms with Gasteiger partial charge in [-0.15, -0.1) is 0 Å². The highest BCUT2D eigenvalue weighted by Crippen LogP contribution is 2.45. The zero-order valence-corrected chi connectivity index (χ0v) is 19.2. The number of aryl methyl sites for hydroxylation is 1. The minimum atomic E-state index is -0.164. The lowest BCUT2D eigenvalue weighted by molar-refractivity contribution is -0.119. The van der Waals surface area contributed by atoms with Crippen LogP contribution in [0.5, 0.6) is 0 Å². The predicted octanol–water partition coefficient (Wildman–Crippen LogP) is 3.91. The summed E-state index contributed by atoms with van der Waals surface area (Å²) in [7, 11) is 0. The van der Waals surface area contributed by atoms with Gasteiger partial charge in [-0.05, 0) is 43.4 Å². The van der Waals surface area contributed by atoms with Gasteiger partial charge in [0.15, 0.2) is 5.82 Å². The monoisotopic (exact) mass is 445 g/mol. The molecule has 0 spiro atoms. The SMILES string of the molecule is Cc1ccc(C2(c3noc(CN(Cc4cccnc4)C[C@@H]4CCC(=O)N4)n3)CCCC2)cc1. The molecule has 1 saturated heterocycles. The lowest BCUT2D eigenvalue weighted by Crippen LogP contribution is -2.38. The smallest absolute Gasteiger partial charge is 0.240 e. The molecule has 5 rings (SSSR count). The van der Waals surface area contributed by atoms with Crippen LogP contribution in [0.4, 0.5) is 0 Å². The molecule has 1 N–H and O–H groups in total. The third kappa shape index (κ3) is 4.83. The molecule has 1 saturated carbocycles. The van der Waals surface area contributed by atoms with Gasteiger partial charge in [-0.2, -0.15) is 4.98 Å². The van der Waals surface area contributed by atoms with Gasteiger partial charge < -0.3 is 9.84 Å². The minimum absolute atomic E-state index is 0.127. The van der Waals surface area contributed by atoms with Crippen LogP contribution in [0.1, 0.15) is 66.9 Å². The topological polar surface area (TPSA) is 84.2 Å². The van der Waals surface area contributed by atoms with E-state index in [0.29, 0.717) is 25.4 Å². The number of carbonyl (C=O) groups excluding carboxylic acids is 1. The minimum Gasteiger partial charge on any atom is -0.352 e. The van der Waals surface area contributed by atoms with Crippen molar-refractivity contribution in [3.8, 4) is 0 Å². The van der Waals surface area contributed by atoms with Crippen molar-refractivity contribution in [1.29, 1.82) is 0 Å². The van der Waals surface area contributed by atoms with Crippen molar-refractivity contribution in [2.45, 2.75) is 70.0 Å². The lowest BCUT2D eigenvalue weighted by Gasteiger charge is -2.26. The summed E-state index contributed by atoms with van der Waals surface area (Å²) in [4.78, 5) is 23.1. The number of hydrogen-bond donors (Lipinski definition) is 1. The van der Waals surface area contributed by atoms with Gasteiger partial charge in [0, 0.05) is 37.9 Å². The van der Waals surface area contributed by atoms with Crippen LogP contribution < -0.4 is 5.32 Å². The normalized spacial score (nSPS) is 19.8. The molecule has 3 aromatic rings. The Bertz CT molecular complexity index is 1070. The predicted molar refractivity (Wildman–Crippen MR) is 124 cm³/mol. The molecule has 2 fully saturated rings. The largest absolute Gasteiger partial charge is 0.352 e. The van der Waals surface area contributed by atoms with E-state index in [0.717, 1.165) is 37.2 Å². The molecule has 172 valence electrons. The Morgan fingerprint density at radius 1 is 1.15 bits per heavy atom. The van der Waals surface area contributed by atoms with E-state index >= 15 is 0 Å². The Hall–Kier alpha value is -3.06. The van der Waals surface area contributed by atoms with E-state index in [4.69, 9.17) is 9.51 Å². The maximum absolute atomic E-state index is 11.7. The van der Waals surface area contributed by atoms with Crippen LogP contribution in [0.15, 0.2) is 53.3 Å². The number of carbonyl (C=O) groups is 1. The van der Waals surface area contributed by atoms with E-state index in [-0.39, 0.29) is 17.4 Å². The number of benzene rings is 1. The van der Waals surface area contributed by atoms with Crippen LogP contribution in [-0.2, 0) is 23.3 Å². The van der Waals surface area contributed by atoms with Crippen molar-refractivity contribution in [2.75, 3.05) is 6.54 Å². The number of pyridine rings is 1. The molecular formula is C26H31N5O2. The van der Waals surface area contributed by atoms with Crippen molar-refractivity contribution >= 4 is 5.91 Å². The number of hydrogen-bond acceptors (Lipinski definition) is 6. The molecule has 0 radical (unpaired) electrons. The number of aromatic nitrogens is 3. The highest BCUT2D eigenvalue weighted by molar-refractivity contribution is 5.78. The van der Waals surface area contributed by atoms with Crippen LogP contribution in [0.2, 0.25) is 0 Å². The molecule has 1 aromatic carbocycles. The summed E-state index contributed by atoms with van der Waals surface area (Å²) in [5.74, 6) is 1.55. The van der Waals surface area contributed by atoms with E-state index in [1.165, 1.54) is 24.0 Å². The molecule has 2 aliphatic rings. The van der Waals surface area contributed by atoms with Crippen molar-refractivity contribution in [1.82, 2.24) is 25.3 Å². The van der Waals surface area contributed by atoms with Crippen molar-refractivity contribution < 1.29 is 9.32 Å². The molecule has 0 bridgehead atoms. The first-order valence-corrected chi connectivity index (χ1v) is 11.9. The quantitative estimate of drug-likeness (QED) is 0.566. The fraction of sp³-hybridized carbons (Fsp3) is 0.462. The highest BCUT2D eigenvalue weighted by atomic mass is 16.5. The van der Waals surface area contributed by atoms with Crippen molar-refractivity contribution in [3.63, 3.8) is 0 Å². The molecule has 7 nitrogen and oxygen atoms in total. The molecule has 1 aliphatic carbocycles. The summed E-state index contributed by atoms with van der Waals surface area (Å²) in [5.41, 5.74) is 3.49. The molecule has 1 amide bonds. The summed E-state index contributed by atoms with van der Waals surface area (Å²) in [6.45, 7) is 4.10. The van der Waals surface area contributed by atoms with Crippen molar-refractivity contribution in [2.24, 2.45) is 0 Å². The Balaban J connectivity index is 1.37. The van der Waals surface area contributed by atoms with E-state index in [1.54, 1.807) is 6.20 Å². The first-order chi connectivity index (χ1) is 16.1. The van der Waals surface area contributed by atoms with Gasteiger partial charge in [-0.25, -0.2) is 0 Å². The zero-order valence-electron chi connectivity index (χ0n) is 19.2. The van der Waals surface area contributed by atoms with Gasteiger partial charge in [0.2, 0.25) is 11.8 Å². The summed E-state index contributed by atoms with van der Waals surface area (Å²) < 4.78 is 5.80. The first-order valence-electron chi connectivity index (χ1n) is 11.9. The zero-order chi connectivity index (χ0) is 22.7. The summed E-state index contributed by atoms with van der Waals surface area (Å²) >= 11 is 0. The average molecular weight is 446 g/mol. The van der Waals surface area contributed by atoms with E-state index in [9.17, 15) is 4.79 Å². The fourth-order valence-corrected chi connectivity index (χ4v) is 5.26. The molecule has 1 atom stereocenters. The Morgan fingerprint density at radius 3 is 2.67 bits per heavy atom. The van der Waals surface area contributed by atoms with E-state index < -0.39 is 0 Å². The van der Waals surface area contributed by atoms with Crippen LogP contribution in [-0.4, -0.2) is 38.5 Å². The highest BCUT2D eigenvalue weighted by Gasteiger charge is 2.41. The molecular weight excluding hydrogens is 414 g/mol. The molecule has 0 unspecified atom stereocenters. The second kappa shape index (κ2) is 9.43. The molecule has 7 heteroatoms. The third-order valence-electron chi connectivity index (χ3n) is 7.01. The van der Waals surface area contributed by atoms with E-state index in [2.05, 4.69) is 57.6 Å². The second-order valence-corrected chi connectivity index (χ2v) is 9.50. The summed E-state index contributed by atoms with van der Waals surface area (Å²) in [6, 6.07) is 12.9. The first kappa shape index (κ1) is 21.8.